The van der Waals surface area contributed by atoms with Gasteiger partial charge in [-0.3, -0.25) is 4.99 Å². The van der Waals surface area contributed by atoms with Crippen LogP contribution in [0.5, 0.6) is 0 Å². The highest BCUT2D eigenvalue weighted by molar-refractivity contribution is 7.99. The lowest BCUT2D eigenvalue weighted by molar-refractivity contribution is 0.140. The van der Waals surface area contributed by atoms with Gasteiger partial charge in [0.15, 0.2) is 5.96 Å². The van der Waals surface area contributed by atoms with Crippen LogP contribution in [0, 0.1) is 0 Å². The predicted molar refractivity (Wildman–Crippen MR) is 59.7 cm³/mol. The third-order valence-electron chi connectivity index (χ3n) is 2.99. The third kappa shape index (κ3) is 1.59. The molecule has 0 aromatic heterocycles. The molecule has 0 amide bonds. The topological polar surface area (TPSA) is 50.9 Å². The molecule has 1 fully saturated rings. The SMILES string of the molecule is COCCN1C(N)=NCC12CCSC2. The van der Waals surface area contributed by atoms with Crippen LogP contribution in [0.2, 0.25) is 0 Å². The van der Waals surface area contributed by atoms with Gasteiger partial charge in [0.25, 0.3) is 0 Å². The van der Waals surface area contributed by atoms with Crippen molar-refractivity contribution in [1.82, 2.24) is 4.90 Å². The lowest BCUT2D eigenvalue weighted by Crippen LogP contribution is -2.52. The molecule has 2 aliphatic rings. The average molecular weight is 215 g/mol. The second-order valence-electron chi connectivity index (χ2n) is 3.85. The zero-order valence-corrected chi connectivity index (χ0v) is 9.35. The monoisotopic (exact) mass is 215 g/mol. The summed E-state index contributed by atoms with van der Waals surface area (Å²) in [5.74, 6) is 3.08. The molecule has 0 saturated carbocycles. The molecule has 0 aliphatic carbocycles. The van der Waals surface area contributed by atoms with Crippen molar-refractivity contribution in [2.24, 2.45) is 10.7 Å². The number of aliphatic imine (C=N–C) groups is 1. The number of hydrogen-bond acceptors (Lipinski definition) is 5. The highest BCUT2D eigenvalue weighted by atomic mass is 32.2. The molecular weight excluding hydrogens is 198 g/mol. The Kier molecular flexibility index (Phi) is 2.88. The van der Waals surface area contributed by atoms with Gasteiger partial charge >= 0.3 is 0 Å². The first kappa shape index (κ1) is 10.1. The van der Waals surface area contributed by atoms with E-state index in [2.05, 4.69) is 9.89 Å². The molecule has 0 radical (unpaired) electrons. The summed E-state index contributed by atoms with van der Waals surface area (Å²) in [6, 6.07) is 0. The zero-order valence-electron chi connectivity index (χ0n) is 8.53. The van der Waals surface area contributed by atoms with Crippen LogP contribution < -0.4 is 5.73 Å². The van der Waals surface area contributed by atoms with Gasteiger partial charge in [-0.1, -0.05) is 0 Å². The molecule has 2 rings (SSSR count). The summed E-state index contributed by atoms with van der Waals surface area (Å²) >= 11 is 2.00. The Bertz CT molecular complexity index is 238. The lowest BCUT2D eigenvalue weighted by Gasteiger charge is -2.35. The molecule has 2 heterocycles. The smallest absolute Gasteiger partial charge is 0.191 e. The largest absolute Gasteiger partial charge is 0.383 e. The summed E-state index contributed by atoms with van der Waals surface area (Å²) < 4.78 is 5.10. The molecule has 0 aromatic carbocycles. The second-order valence-corrected chi connectivity index (χ2v) is 4.95. The Morgan fingerprint density at radius 1 is 1.71 bits per heavy atom. The summed E-state index contributed by atoms with van der Waals surface area (Å²) in [6.45, 7) is 2.46. The molecule has 1 saturated heterocycles. The van der Waals surface area contributed by atoms with Gasteiger partial charge in [-0.15, -0.1) is 0 Å². The van der Waals surface area contributed by atoms with Crippen LogP contribution in [0.1, 0.15) is 6.42 Å². The predicted octanol–water partition coefficient (Wildman–Crippen LogP) is 0.139. The molecule has 1 spiro atoms. The molecule has 0 bridgehead atoms. The fraction of sp³-hybridized carbons (Fsp3) is 0.889. The highest BCUT2D eigenvalue weighted by Crippen LogP contribution is 2.36. The number of hydrogen-bond donors (Lipinski definition) is 1. The van der Waals surface area contributed by atoms with Crippen molar-refractivity contribution in [3.05, 3.63) is 0 Å². The van der Waals surface area contributed by atoms with Gasteiger partial charge in [-0.2, -0.15) is 11.8 Å². The average Bonchev–Trinajstić information content (AvgIpc) is 2.75. The van der Waals surface area contributed by atoms with Crippen molar-refractivity contribution >= 4 is 17.7 Å². The van der Waals surface area contributed by atoms with E-state index in [-0.39, 0.29) is 5.54 Å². The molecule has 1 atom stereocenters. The van der Waals surface area contributed by atoms with E-state index in [1.807, 2.05) is 11.8 Å². The minimum atomic E-state index is 0.216. The number of thioether (sulfide) groups is 1. The van der Waals surface area contributed by atoms with E-state index in [0.29, 0.717) is 5.96 Å². The fourth-order valence-electron chi connectivity index (χ4n) is 2.11. The summed E-state index contributed by atoms with van der Waals surface area (Å²) in [7, 11) is 1.72. The van der Waals surface area contributed by atoms with Crippen LogP contribution in [0.25, 0.3) is 0 Å². The van der Waals surface area contributed by atoms with E-state index >= 15 is 0 Å². The maximum atomic E-state index is 5.89. The molecule has 14 heavy (non-hydrogen) atoms. The van der Waals surface area contributed by atoms with Crippen molar-refractivity contribution in [3.63, 3.8) is 0 Å². The molecule has 0 aromatic rings. The van der Waals surface area contributed by atoms with Gasteiger partial charge in [-0.25, -0.2) is 0 Å². The quantitative estimate of drug-likeness (QED) is 0.727. The van der Waals surface area contributed by atoms with Gasteiger partial charge in [0, 0.05) is 19.4 Å². The van der Waals surface area contributed by atoms with Crippen LogP contribution >= 0.6 is 11.8 Å². The van der Waals surface area contributed by atoms with E-state index < -0.39 is 0 Å². The first-order valence-electron chi connectivity index (χ1n) is 4.93. The van der Waals surface area contributed by atoms with Crippen molar-refractivity contribution in [2.75, 3.05) is 38.3 Å². The van der Waals surface area contributed by atoms with Crippen molar-refractivity contribution < 1.29 is 4.74 Å². The van der Waals surface area contributed by atoms with Gasteiger partial charge in [0.2, 0.25) is 0 Å². The lowest BCUT2D eigenvalue weighted by atomic mass is 9.98. The molecule has 2 N–H and O–H groups in total. The minimum absolute atomic E-state index is 0.216. The number of methoxy groups -OCH3 is 1. The minimum Gasteiger partial charge on any atom is -0.383 e. The van der Waals surface area contributed by atoms with E-state index in [1.165, 1.54) is 12.2 Å². The molecule has 4 nitrogen and oxygen atoms in total. The molecule has 1 unspecified atom stereocenters. The van der Waals surface area contributed by atoms with Crippen LogP contribution in [-0.2, 0) is 4.74 Å². The normalized spacial score (nSPS) is 31.5. The zero-order chi connectivity index (χ0) is 10.0. The Hall–Kier alpha value is -0.420. The molecule has 2 aliphatic heterocycles. The number of ether oxygens (including phenoxy) is 1. The number of nitrogens with zero attached hydrogens (tertiary/aromatic N) is 2. The number of nitrogens with two attached hydrogens (primary N) is 1. The van der Waals surface area contributed by atoms with Gasteiger partial charge in [0.05, 0.1) is 18.7 Å². The Labute approximate surface area is 88.9 Å². The summed E-state index contributed by atoms with van der Waals surface area (Å²) in [5, 5.41) is 0. The van der Waals surface area contributed by atoms with Gasteiger partial charge < -0.3 is 15.4 Å². The van der Waals surface area contributed by atoms with Crippen LogP contribution in [0.3, 0.4) is 0 Å². The van der Waals surface area contributed by atoms with Gasteiger partial charge in [0.1, 0.15) is 0 Å². The van der Waals surface area contributed by atoms with Crippen molar-refractivity contribution in [1.29, 1.82) is 0 Å². The van der Waals surface area contributed by atoms with Gasteiger partial charge in [-0.05, 0) is 12.2 Å². The number of rotatable bonds is 3. The van der Waals surface area contributed by atoms with E-state index in [9.17, 15) is 0 Å². The third-order valence-corrected chi connectivity index (χ3v) is 4.22. The Morgan fingerprint density at radius 2 is 2.57 bits per heavy atom. The summed E-state index contributed by atoms with van der Waals surface area (Å²) in [5.41, 5.74) is 6.10. The number of guanidine groups is 1. The highest BCUT2D eigenvalue weighted by Gasteiger charge is 2.44. The van der Waals surface area contributed by atoms with Crippen LogP contribution in [0.15, 0.2) is 4.99 Å². The van der Waals surface area contributed by atoms with Crippen LogP contribution in [0.4, 0.5) is 0 Å². The fourth-order valence-corrected chi connectivity index (χ4v) is 3.55. The first-order chi connectivity index (χ1) is 6.78. The van der Waals surface area contributed by atoms with E-state index in [4.69, 9.17) is 10.5 Å². The van der Waals surface area contributed by atoms with Crippen molar-refractivity contribution in [2.45, 2.75) is 12.0 Å². The first-order valence-corrected chi connectivity index (χ1v) is 6.08. The Morgan fingerprint density at radius 3 is 3.21 bits per heavy atom. The molecule has 80 valence electrons. The molecule has 5 heteroatoms. The van der Waals surface area contributed by atoms with E-state index in [1.54, 1.807) is 7.11 Å². The maximum Gasteiger partial charge on any atom is 0.191 e. The molecular formula is C9H17N3OS. The second kappa shape index (κ2) is 3.98. The Balaban J connectivity index is 2.04. The summed E-state index contributed by atoms with van der Waals surface area (Å²) in [6.07, 6.45) is 1.20. The van der Waals surface area contributed by atoms with Crippen molar-refractivity contribution in [3.8, 4) is 0 Å². The van der Waals surface area contributed by atoms with Crippen LogP contribution in [-0.4, -0.2) is 54.7 Å². The maximum absolute atomic E-state index is 5.89. The summed E-state index contributed by atoms with van der Waals surface area (Å²) in [4.78, 5) is 6.59. The van der Waals surface area contributed by atoms with E-state index in [0.717, 1.165) is 25.4 Å². The standard InChI is InChI=1S/C9H17N3OS/c1-13-4-3-12-8(10)11-6-9(12)2-5-14-7-9/h2-7H2,1H3,(H2,10,11).